The molecule has 0 radical (unpaired) electrons. The van der Waals surface area contributed by atoms with Crippen molar-refractivity contribution >= 4 is 5.91 Å². The van der Waals surface area contributed by atoms with E-state index in [9.17, 15) is 9.59 Å². The molecule has 4 N–H and O–H groups in total. The molecule has 1 heterocycles. The Bertz CT molecular complexity index is 419. The van der Waals surface area contributed by atoms with Crippen molar-refractivity contribution in [2.24, 2.45) is 11.7 Å². The summed E-state index contributed by atoms with van der Waals surface area (Å²) in [6.45, 7) is 4.57. The molecule has 0 saturated heterocycles. The average Bonchev–Trinajstić information content (AvgIpc) is 2.38. The van der Waals surface area contributed by atoms with Gasteiger partial charge in [-0.1, -0.05) is 26.7 Å². The van der Waals surface area contributed by atoms with Gasteiger partial charge in [0.1, 0.15) is 5.69 Å². The highest BCUT2D eigenvalue weighted by atomic mass is 16.2. The van der Waals surface area contributed by atoms with Crippen LogP contribution in [0.2, 0.25) is 0 Å². The van der Waals surface area contributed by atoms with E-state index >= 15 is 0 Å². The van der Waals surface area contributed by atoms with E-state index in [0.29, 0.717) is 12.5 Å². The SMILES string of the molecule is CCC(CC)C(N)CNC(=O)c1ccc(=O)[nH]n1. The fourth-order valence-corrected chi connectivity index (χ4v) is 1.83. The Labute approximate surface area is 106 Å². The Kier molecular flexibility index (Phi) is 5.51. The number of amides is 1. The van der Waals surface area contributed by atoms with Crippen molar-refractivity contribution in [1.29, 1.82) is 0 Å². The zero-order chi connectivity index (χ0) is 13.5. The second-order valence-electron chi connectivity index (χ2n) is 4.26. The predicted molar refractivity (Wildman–Crippen MR) is 69.2 cm³/mol. The van der Waals surface area contributed by atoms with Crippen LogP contribution in [-0.2, 0) is 0 Å². The van der Waals surface area contributed by atoms with E-state index < -0.39 is 0 Å². The number of H-pyrrole nitrogens is 1. The molecule has 0 saturated carbocycles. The topological polar surface area (TPSA) is 101 Å². The predicted octanol–water partition coefficient (Wildman–Crippen LogP) is 0.263. The van der Waals surface area contributed by atoms with Gasteiger partial charge in [0.25, 0.3) is 11.5 Å². The van der Waals surface area contributed by atoms with Crippen LogP contribution in [0.25, 0.3) is 0 Å². The van der Waals surface area contributed by atoms with Gasteiger partial charge in [-0.2, -0.15) is 5.10 Å². The maximum atomic E-state index is 11.7. The standard InChI is InChI=1S/C12H20N4O2/c1-3-8(4-2)9(13)7-14-12(18)10-5-6-11(17)16-15-10/h5-6,8-9H,3-4,7,13H2,1-2H3,(H,14,18)(H,16,17). The van der Waals surface area contributed by atoms with Crippen molar-refractivity contribution in [2.45, 2.75) is 32.7 Å². The number of nitrogens with zero attached hydrogens (tertiary/aromatic N) is 1. The van der Waals surface area contributed by atoms with Gasteiger partial charge in [-0.25, -0.2) is 5.10 Å². The zero-order valence-corrected chi connectivity index (χ0v) is 10.8. The van der Waals surface area contributed by atoms with Crippen molar-refractivity contribution in [3.63, 3.8) is 0 Å². The van der Waals surface area contributed by atoms with Gasteiger partial charge in [0.15, 0.2) is 0 Å². The lowest BCUT2D eigenvalue weighted by atomic mass is 9.95. The van der Waals surface area contributed by atoms with E-state index in [1.807, 2.05) is 0 Å². The fraction of sp³-hybridized carbons (Fsp3) is 0.583. The highest BCUT2D eigenvalue weighted by Gasteiger charge is 2.15. The van der Waals surface area contributed by atoms with Crippen LogP contribution in [0.15, 0.2) is 16.9 Å². The number of hydrogen-bond donors (Lipinski definition) is 3. The van der Waals surface area contributed by atoms with Crippen LogP contribution in [0.5, 0.6) is 0 Å². The number of aromatic amines is 1. The number of hydrogen-bond acceptors (Lipinski definition) is 4. The number of carbonyl (C=O) groups excluding carboxylic acids is 1. The first-order chi connectivity index (χ1) is 8.58. The quantitative estimate of drug-likeness (QED) is 0.676. The average molecular weight is 252 g/mol. The molecule has 18 heavy (non-hydrogen) atoms. The molecule has 0 aliphatic heterocycles. The largest absolute Gasteiger partial charge is 0.349 e. The van der Waals surface area contributed by atoms with E-state index in [-0.39, 0.29) is 23.2 Å². The Morgan fingerprint density at radius 3 is 2.61 bits per heavy atom. The summed E-state index contributed by atoms with van der Waals surface area (Å²) in [5, 5.41) is 8.59. The third kappa shape index (κ3) is 3.96. The van der Waals surface area contributed by atoms with Gasteiger partial charge < -0.3 is 11.1 Å². The molecule has 1 amide bonds. The Hall–Kier alpha value is -1.69. The number of aromatic nitrogens is 2. The Morgan fingerprint density at radius 2 is 2.11 bits per heavy atom. The van der Waals surface area contributed by atoms with Crippen LogP contribution in [0, 0.1) is 5.92 Å². The normalized spacial score (nSPS) is 12.4. The lowest BCUT2D eigenvalue weighted by Crippen LogP contribution is -2.42. The van der Waals surface area contributed by atoms with Crippen molar-refractivity contribution in [3.05, 3.63) is 28.2 Å². The summed E-state index contributed by atoms with van der Waals surface area (Å²) in [5.41, 5.74) is 5.85. The second-order valence-corrected chi connectivity index (χ2v) is 4.26. The van der Waals surface area contributed by atoms with Crippen molar-refractivity contribution in [2.75, 3.05) is 6.54 Å². The Balaban J connectivity index is 2.51. The molecule has 1 rings (SSSR count). The Morgan fingerprint density at radius 1 is 1.44 bits per heavy atom. The lowest BCUT2D eigenvalue weighted by Gasteiger charge is -2.21. The third-order valence-corrected chi connectivity index (χ3v) is 3.06. The molecule has 0 aromatic carbocycles. The molecule has 6 nitrogen and oxygen atoms in total. The van der Waals surface area contributed by atoms with Crippen LogP contribution in [-0.4, -0.2) is 28.7 Å². The smallest absolute Gasteiger partial charge is 0.271 e. The number of carbonyl (C=O) groups is 1. The van der Waals surface area contributed by atoms with Crippen LogP contribution in [0.3, 0.4) is 0 Å². The maximum Gasteiger partial charge on any atom is 0.271 e. The fourth-order valence-electron chi connectivity index (χ4n) is 1.83. The van der Waals surface area contributed by atoms with E-state index in [1.54, 1.807) is 0 Å². The van der Waals surface area contributed by atoms with Crippen LogP contribution < -0.4 is 16.6 Å². The molecule has 0 aliphatic carbocycles. The first-order valence-corrected chi connectivity index (χ1v) is 6.18. The molecular formula is C12H20N4O2. The molecule has 1 aromatic rings. The van der Waals surface area contributed by atoms with Gasteiger partial charge in [-0.3, -0.25) is 9.59 Å². The van der Waals surface area contributed by atoms with Crippen molar-refractivity contribution in [3.8, 4) is 0 Å². The van der Waals surface area contributed by atoms with Gasteiger partial charge in [0.2, 0.25) is 0 Å². The third-order valence-electron chi connectivity index (χ3n) is 3.06. The minimum atomic E-state index is -0.333. The van der Waals surface area contributed by atoms with Gasteiger partial charge in [-0.15, -0.1) is 0 Å². The lowest BCUT2D eigenvalue weighted by molar-refractivity contribution is 0.0941. The first-order valence-electron chi connectivity index (χ1n) is 6.18. The zero-order valence-electron chi connectivity index (χ0n) is 10.8. The first kappa shape index (κ1) is 14.4. The molecule has 1 unspecified atom stereocenters. The van der Waals surface area contributed by atoms with Gasteiger partial charge in [0, 0.05) is 18.7 Å². The summed E-state index contributed by atoms with van der Waals surface area (Å²) in [5.74, 6) is 0.0708. The van der Waals surface area contributed by atoms with Gasteiger partial charge in [-0.05, 0) is 12.0 Å². The van der Waals surface area contributed by atoms with Crippen LogP contribution >= 0.6 is 0 Å². The summed E-state index contributed by atoms with van der Waals surface area (Å²) < 4.78 is 0. The summed E-state index contributed by atoms with van der Waals surface area (Å²) >= 11 is 0. The van der Waals surface area contributed by atoms with E-state index in [4.69, 9.17) is 5.73 Å². The molecule has 6 heteroatoms. The number of rotatable bonds is 6. The number of nitrogens with two attached hydrogens (primary N) is 1. The summed E-state index contributed by atoms with van der Waals surface area (Å²) in [7, 11) is 0. The van der Waals surface area contributed by atoms with E-state index in [2.05, 4.69) is 29.4 Å². The molecule has 0 aliphatic rings. The summed E-state index contributed by atoms with van der Waals surface area (Å²) in [6.07, 6.45) is 1.98. The monoisotopic (exact) mass is 252 g/mol. The molecule has 100 valence electrons. The summed E-state index contributed by atoms with van der Waals surface area (Å²) in [4.78, 5) is 22.5. The van der Waals surface area contributed by atoms with Crippen molar-refractivity contribution < 1.29 is 4.79 Å². The molecule has 1 aromatic heterocycles. The minimum absolute atomic E-state index is 0.0632. The van der Waals surface area contributed by atoms with E-state index in [1.165, 1.54) is 12.1 Å². The highest BCUT2D eigenvalue weighted by molar-refractivity contribution is 5.91. The van der Waals surface area contributed by atoms with Gasteiger partial charge >= 0.3 is 0 Å². The minimum Gasteiger partial charge on any atom is -0.349 e. The van der Waals surface area contributed by atoms with Crippen molar-refractivity contribution in [1.82, 2.24) is 15.5 Å². The molecule has 0 spiro atoms. The maximum absolute atomic E-state index is 11.7. The summed E-state index contributed by atoms with van der Waals surface area (Å²) in [6, 6.07) is 2.59. The highest BCUT2D eigenvalue weighted by Crippen LogP contribution is 2.10. The molecule has 0 bridgehead atoms. The molecular weight excluding hydrogens is 232 g/mol. The second kappa shape index (κ2) is 6.90. The van der Waals surface area contributed by atoms with Gasteiger partial charge in [0.05, 0.1) is 0 Å². The molecule has 1 atom stereocenters. The van der Waals surface area contributed by atoms with E-state index in [0.717, 1.165) is 12.8 Å². The molecule has 0 fully saturated rings. The van der Waals surface area contributed by atoms with Crippen LogP contribution in [0.1, 0.15) is 37.2 Å². The number of nitrogens with one attached hydrogen (secondary N) is 2. The van der Waals surface area contributed by atoms with Crippen LogP contribution in [0.4, 0.5) is 0 Å².